The first-order valence-electron chi connectivity index (χ1n) is 19.1. The van der Waals surface area contributed by atoms with Gasteiger partial charge in [-0.2, -0.15) is 0 Å². The fourth-order valence-corrected chi connectivity index (χ4v) is 7.95. The number of hydrogen-bond donors (Lipinski definition) is 0. The van der Waals surface area contributed by atoms with Gasteiger partial charge in [-0.25, -0.2) is 0 Å². The minimum atomic E-state index is 0.0551. The Morgan fingerprint density at radius 3 is 0.981 bits per heavy atom. The van der Waals surface area contributed by atoms with Crippen LogP contribution in [-0.2, 0) is 10.8 Å². The maximum absolute atomic E-state index is 2.40. The van der Waals surface area contributed by atoms with Crippen molar-refractivity contribution >= 4 is 55.7 Å². The van der Waals surface area contributed by atoms with Gasteiger partial charge in [0.25, 0.3) is 0 Å². The molecule has 1 aliphatic carbocycles. The van der Waals surface area contributed by atoms with E-state index in [4.69, 9.17) is 0 Å². The van der Waals surface area contributed by atoms with Gasteiger partial charge in [-0.3, -0.25) is 0 Å². The molecule has 264 valence electrons. The molecule has 0 bridgehead atoms. The average molecular weight is 699 g/mol. The molecule has 0 amide bonds. The zero-order chi connectivity index (χ0) is 37.2. The maximum atomic E-state index is 2.40. The second-order valence-corrected chi connectivity index (χ2v) is 16.8. The van der Waals surface area contributed by atoms with Crippen molar-refractivity contribution in [2.24, 2.45) is 0 Å². The molecule has 0 heterocycles. The lowest BCUT2D eigenvalue weighted by molar-refractivity contribution is 0.590. The van der Waals surface area contributed by atoms with Gasteiger partial charge in [-0.1, -0.05) is 114 Å². The van der Waals surface area contributed by atoms with Crippen molar-refractivity contribution in [1.29, 1.82) is 0 Å². The lowest BCUT2D eigenvalue weighted by Gasteiger charge is -2.29. The molecule has 0 saturated heterocycles. The first-order valence-corrected chi connectivity index (χ1v) is 19.1. The first-order chi connectivity index (χ1) is 26.0. The highest BCUT2D eigenvalue weighted by atomic mass is 15.1. The van der Waals surface area contributed by atoms with Crippen molar-refractivity contribution in [3.8, 4) is 22.3 Å². The van der Waals surface area contributed by atoms with E-state index in [2.05, 4.69) is 221 Å². The molecular formula is C52H46N2. The van der Waals surface area contributed by atoms with Crippen molar-refractivity contribution in [1.82, 2.24) is 0 Å². The van der Waals surface area contributed by atoms with Crippen LogP contribution in [-0.4, -0.2) is 0 Å². The first kappa shape index (κ1) is 33.7. The number of benzene rings is 8. The minimum Gasteiger partial charge on any atom is -0.310 e. The van der Waals surface area contributed by atoms with Gasteiger partial charge >= 0.3 is 0 Å². The summed E-state index contributed by atoms with van der Waals surface area (Å²) in [6.45, 7) is 13.7. The molecule has 0 aromatic heterocycles. The number of nitrogens with zero attached hydrogens (tertiary/aromatic N) is 2. The Morgan fingerprint density at radius 2 is 0.611 bits per heavy atom. The molecule has 0 unspecified atom stereocenters. The van der Waals surface area contributed by atoms with Gasteiger partial charge in [-0.15, -0.1) is 0 Å². The third-order valence-electron chi connectivity index (χ3n) is 11.0. The van der Waals surface area contributed by atoms with Gasteiger partial charge in [0, 0.05) is 34.1 Å². The van der Waals surface area contributed by atoms with E-state index in [1.54, 1.807) is 0 Å². The third kappa shape index (κ3) is 6.02. The third-order valence-corrected chi connectivity index (χ3v) is 11.0. The average Bonchev–Trinajstić information content (AvgIpc) is 3.17. The Morgan fingerprint density at radius 1 is 0.278 bits per heavy atom. The fourth-order valence-electron chi connectivity index (χ4n) is 7.95. The van der Waals surface area contributed by atoms with Crippen molar-refractivity contribution in [3.05, 3.63) is 181 Å². The van der Waals surface area contributed by atoms with E-state index in [-0.39, 0.29) is 10.8 Å². The van der Waals surface area contributed by atoms with Crippen molar-refractivity contribution < 1.29 is 0 Å². The second kappa shape index (κ2) is 12.8. The SMILES string of the molecule is CC(C)(C)c1cccc(N(c2ccccc2)c2ccc3cc4c(cc3c2)-c2cc3cc(N(c5ccccc5)c5cccc(C(C)(C)C)c5)ccc3cc2-4)c1. The van der Waals surface area contributed by atoms with E-state index >= 15 is 0 Å². The number of para-hydroxylation sites is 2. The molecule has 0 spiro atoms. The predicted octanol–water partition coefficient (Wildman–Crippen LogP) is 15.2. The highest BCUT2D eigenvalue weighted by Crippen LogP contribution is 2.51. The lowest BCUT2D eigenvalue weighted by atomic mass is 9.78. The summed E-state index contributed by atoms with van der Waals surface area (Å²) in [6.07, 6.45) is 0. The van der Waals surface area contributed by atoms with Crippen LogP contribution in [0.25, 0.3) is 43.8 Å². The van der Waals surface area contributed by atoms with E-state index in [1.807, 2.05) is 0 Å². The van der Waals surface area contributed by atoms with Crippen LogP contribution in [0.4, 0.5) is 34.1 Å². The number of hydrogen-bond acceptors (Lipinski definition) is 2. The summed E-state index contributed by atoms with van der Waals surface area (Å²) in [6, 6.07) is 62.8. The highest BCUT2D eigenvalue weighted by Gasteiger charge is 2.25. The molecule has 0 atom stereocenters. The van der Waals surface area contributed by atoms with Crippen molar-refractivity contribution in [2.75, 3.05) is 9.80 Å². The molecule has 2 heteroatoms. The monoisotopic (exact) mass is 698 g/mol. The summed E-state index contributed by atoms with van der Waals surface area (Å²) in [5.41, 5.74) is 15.0. The molecule has 0 radical (unpaired) electrons. The maximum Gasteiger partial charge on any atom is 0.0468 e. The smallest absolute Gasteiger partial charge is 0.0468 e. The zero-order valence-electron chi connectivity index (χ0n) is 32.1. The van der Waals surface area contributed by atoms with E-state index in [0.717, 1.165) is 22.7 Å². The molecule has 8 aromatic carbocycles. The van der Waals surface area contributed by atoms with Crippen LogP contribution in [0.2, 0.25) is 0 Å². The second-order valence-electron chi connectivity index (χ2n) is 16.8. The van der Waals surface area contributed by atoms with Crippen LogP contribution in [0.3, 0.4) is 0 Å². The topological polar surface area (TPSA) is 6.48 Å². The summed E-state index contributed by atoms with van der Waals surface area (Å²) in [5.74, 6) is 0. The Kier molecular flexibility index (Phi) is 7.97. The molecule has 54 heavy (non-hydrogen) atoms. The van der Waals surface area contributed by atoms with E-state index in [1.165, 1.54) is 66.3 Å². The molecule has 1 aliphatic rings. The summed E-state index contributed by atoms with van der Waals surface area (Å²) >= 11 is 0. The molecule has 0 aliphatic heterocycles. The van der Waals surface area contributed by atoms with Gasteiger partial charge < -0.3 is 9.80 Å². The number of rotatable bonds is 6. The molecule has 0 fully saturated rings. The van der Waals surface area contributed by atoms with Gasteiger partial charge in [0.1, 0.15) is 0 Å². The van der Waals surface area contributed by atoms with E-state index in [9.17, 15) is 0 Å². The summed E-state index contributed by atoms with van der Waals surface area (Å²) < 4.78 is 0. The Balaban J connectivity index is 1.12. The van der Waals surface area contributed by atoms with Gasteiger partial charge in [0.15, 0.2) is 0 Å². The minimum absolute atomic E-state index is 0.0551. The molecule has 8 aromatic rings. The summed E-state index contributed by atoms with van der Waals surface area (Å²) in [7, 11) is 0. The van der Waals surface area contributed by atoms with Gasteiger partial charge in [0.2, 0.25) is 0 Å². The Bertz CT molecular complexity index is 2490. The van der Waals surface area contributed by atoms with Gasteiger partial charge in [-0.05, 0) is 163 Å². The highest BCUT2D eigenvalue weighted by molar-refractivity contribution is 6.12. The molecule has 0 N–H and O–H groups in total. The molecule has 2 nitrogen and oxygen atoms in total. The van der Waals surface area contributed by atoms with Crippen molar-refractivity contribution in [3.63, 3.8) is 0 Å². The van der Waals surface area contributed by atoms with E-state index in [0.29, 0.717) is 0 Å². The van der Waals surface area contributed by atoms with Crippen LogP contribution in [0.1, 0.15) is 52.7 Å². The standard InChI is InChI=1S/C52H46N2/c1-51(2,3)39-15-13-21-43(33-39)53(41-17-9-7-10-18-41)45-25-23-35-29-47-48-30-36-24-26-46(28-38(36)32-50(48)49(47)31-37(35)27-45)54(42-19-11-8-12-20-42)44-22-14-16-40(34-44)52(4,5)6/h7-34H,1-6H3. The van der Waals surface area contributed by atoms with Crippen LogP contribution >= 0.6 is 0 Å². The largest absolute Gasteiger partial charge is 0.310 e. The lowest BCUT2D eigenvalue weighted by Crippen LogP contribution is -2.14. The molecule has 9 rings (SSSR count). The summed E-state index contributed by atoms with van der Waals surface area (Å²) in [4.78, 5) is 4.76. The van der Waals surface area contributed by atoms with Crippen LogP contribution in [0.5, 0.6) is 0 Å². The van der Waals surface area contributed by atoms with Crippen LogP contribution in [0, 0.1) is 0 Å². The Labute approximate surface area is 320 Å². The van der Waals surface area contributed by atoms with Crippen LogP contribution in [0.15, 0.2) is 170 Å². The summed E-state index contributed by atoms with van der Waals surface area (Å²) in [5, 5.41) is 5.00. The quantitative estimate of drug-likeness (QED) is 0.171. The molecular weight excluding hydrogens is 653 g/mol. The zero-order valence-corrected chi connectivity index (χ0v) is 32.1. The molecule has 0 saturated carbocycles. The van der Waals surface area contributed by atoms with Gasteiger partial charge in [0.05, 0.1) is 0 Å². The number of fused-ring (bicyclic) bond motifs is 6. The van der Waals surface area contributed by atoms with E-state index < -0.39 is 0 Å². The fraction of sp³-hybridized carbons (Fsp3) is 0.154. The Hall–Kier alpha value is -6.12. The predicted molar refractivity (Wildman–Crippen MR) is 233 cm³/mol. The van der Waals surface area contributed by atoms with Crippen LogP contribution < -0.4 is 9.80 Å². The van der Waals surface area contributed by atoms with Crippen molar-refractivity contribution in [2.45, 2.75) is 52.4 Å². The number of anilines is 6. The normalized spacial score (nSPS) is 12.3.